The molecule has 0 bridgehead atoms. The summed E-state index contributed by atoms with van der Waals surface area (Å²) >= 11 is 0. The maximum absolute atomic E-state index is 11.5. The minimum Gasteiger partial charge on any atom is -0.250 e. The second-order valence-electron chi connectivity index (χ2n) is 4.76. The zero-order chi connectivity index (χ0) is 11.7. The van der Waals surface area contributed by atoms with Crippen LogP contribution in [0.4, 0.5) is 5.95 Å². The SMILES string of the molecule is CC(C)(C)c1ccnc(N=S(C)(C)=O)n1. The van der Waals surface area contributed by atoms with E-state index in [2.05, 4.69) is 35.1 Å². The maximum atomic E-state index is 11.5. The first-order chi connectivity index (χ1) is 6.68. The van der Waals surface area contributed by atoms with Crippen LogP contribution in [0.5, 0.6) is 0 Å². The third kappa shape index (κ3) is 3.95. The molecule has 4 nitrogen and oxygen atoms in total. The number of aromatic nitrogens is 2. The van der Waals surface area contributed by atoms with E-state index in [1.807, 2.05) is 6.07 Å². The van der Waals surface area contributed by atoms with Crippen molar-refractivity contribution in [2.75, 3.05) is 12.5 Å². The summed E-state index contributed by atoms with van der Waals surface area (Å²) < 4.78 is 15.4. The first-order valence-corrected chi connectivity index (χ1v) is 7.02. The molecule has 1 rings (SSSR count). The molecule has 0 saturated carbocycles. The van der Waals surface area contributed by atoms with Crippen LogP contribution in [0.2, 0.25) is 0 Å². The molecule has 1 heterocycles. The molecule has 0 aromatic carbocycles. The maximum Gasteiger partial charge on any atom is 0.257 e. The molecular weight excluding hydrogens is 210 g/mol. The quantitative estimate of drug-likeness (QED) is 0.738. The summed E-state index contributed by atoms with van der Waals surface area (Å²) in [7, 11) is -2.19. The van der Waals surface area contributed by atoms with Crippen molar-refractivity contribution in [1.82, 2.24) is 9.97 Å². The Bertz CT molecular complexity index is 460. The number of nitrogens with zero attached hydrogens (tertiary/aromatic N) is 3. The Hall–Kier alpha value is -0.970. The molecule has 0 N–H and O–H groups in total. The van der Waals surface area contributed by atoms with Gasteiger partial charge in [-0.25, -0.2) is 14.2 Å². The molecular formula is C10H17N3OS. The largest absolute Gasteiger partial charge is 0.257 e. The molecule has 0 atom stereocenters. The standard InChI is InChI=1S/C10H17N3OS/c1-10(2,3)8-6-7-11-9(12-8)13-15(4,5)14/h6-7H,1-5H3. The summed E-state index contributed by atoms with van der Waals surface area (Å²) in [6.45, 7) is 6.19. The van der Waals surface area contributed by atoms with Gasteiger partial charge in [-0.3, -0.25) is 0 Å². The highest BCUT2D eigenvalue weighted by Gasteiger charge is 2.15. The molecule has 15 heavy (non-hydrogen) atoms. The van der Waals surface area contributed by atoms with Crippen LogP contribution in [0.25, 0.3) is 0 Å². The number of rotatable bonds is 1. The van der Waals surface area contributed by atoms with Gasteiger partial charge in [-0.15, -0.1) is 0 Å². The zero-order valence-electron chi connectivity index (χ0n) is 9.81. The summed E-state index contributed by atoms with van der Waals surface area (Å²) in [6.07, 6.45) is 4.79. The average Bonchev–Trinajstić information content (AvgIpc) is 1.99. The van der Waals surface area contributed by atoms with E-state index in [9.17, 15) is 4.21 Å². The van der Waals surface area contributed by atoms with Gasteiger partial charge in [-0.1, -0.05) is 20.8 Å². The average molecular weight is 227 g/mol. The fourth-order valence-corrected chi connectivity index (χ4v) is 1.49. The fraction of sp³-hybridized carbons (Fsp3) is 0.600. The fourth-order valence-electron chi connectivity index (χ4n) is 1.01. The van der Waals surface area contributed by atoms with Gasteiger partial charge in [0.1, 0.15) is 0 Å². The lowest BCUT2D eigenvalue weighted by molar-refractivity contribution is 0.567. The Morgan fingerprint density at radius 3 is 2.40 bits per heavy atom. The summed E-state index contributed by atoms with van der Waals surface area (Å²) in [5.41, 5.74) is 0.857. The molecule has 84 valence electrons. The van der Waals surface area contributed by atoms with Crippen molar-refractivity contribution in [3.05, 3.63) is 18.0 Å². The molecule has 0 radical (unpaired) electrons. The van der Waals surface area contributed by atoms with Gasteiger partial charge in [0.2, 0.25) is 0 Å². The van der Waals surface area contributed by atoms with Crippen LogP contribution in [0.3, 0.4) is 0 Å². The Labute approximate surface area is 91.3 Å². The van der Waals surface area contributed by atoms with E-state index in [-0.39, 0.29) is 5.41 Å². The van der Waals surface area contributed by atoms with Gasteiger partial charge in [0, 0.05) is 33.9 Å². The third-order valence-corrected chi connectivity index (χ3v) is 2.32. The predicted octanol–water partition coefficient (Wildman–Crippen LogP) is 2.13. The minimum absolute atomic E-state index is 0.0461. The minimum atomic E-state index is -2.19. The summed E-state index contributed by atoms with van der Waals surface area (Å²) in [5.74, 6) is 0.303. The molecule has 0 aliphatic heterocycles. The summed E-state index contributed by atoms with van der Waals surface area (Å²) in [5, 5.41) is 0. The van der Waals surface area contributed by atoms with Crippen molar-refractivity contribution in [1.29, 1.82) is 0 Å². The van der Waals surface area contributed by atoms with E-state index in [1.54, 1.807) is 18.7 Å². The van der Waals surface area contributed by atoms with Crippen molar-refractivity contribution < 1.29 is 4.21 Å². The van der Waals surface area contributed by atoms with E-state index in [0.717, 1.165) is 5.69 Å². The summed E-state index contributed by atoms with van der Waals surface area (Å²) in [6, 6.07) is 1.85. The number of hydrogen-bond donors (Lipinski definition) is 0. The van der Waals surface area contributed by atoms with Crippen LogP contribution in [0.15, 0.2) is 16.6 Å². The Balaban J connectivity index is 3.21. The smallest absolute Gasteiger partial charge is 0.250 e. The van der Waals surface area contributed by atoms with Gasteiger partial charge >= 0.3 is 0 Å². The highest BCUT2D eigenvalue weighted by atomic mass is 32.2. The van der Waals surface area contributed by atoms with Crippen LogP contribution < -0.4 is 0 Å². The topological polar surface area (TPSA) is 55.2 Å². The molecule has 1 aromatic heterocycles. The van der Waals surface area contributed by atoms with E-state index in [1.165, 1.54) is 0 Å². The van der Waals surface area contributed by atoms with E-state index >= 15 is 0 Å². The van der Waals surface area contributed by atoms with Crippen molar-refractivity contribution in [2.45, 2.75) is 26.2 Å². The molecule has 0 fully saturated rings. The lowest BCUT2D eigenvalue weighted by Gasteiger charge is -2.16. The van der Waals surface area contributed by atoms with Crippen molar-refractivity contribution >= 4 is 15.7 Å². The van der Waals surface area contributed by atoms with E-state index in [0.29, 0.717) is 5.95 Å². The highest BCUT2D eigenvalue weighted by molar-refractivity contribution is 7.92. The third-order valence-electron chi connectivity index (χ3n) is 1.71. The van der Waals surface area contributed by atoms with Gasteiger partial charge in [0.15, 0.2) is 0 Å². The van der Waals surface area contributed by atoms with Gasteiger partial charge in [0.25, 0.3) is 5.95 Å². The molecule has 1 aromatic rings. The first kappa shape index (κ1) is 12.1. The van der Waals surface area contributed by atoms with Crippen molar-refractivity contribution in [3.8, 4) is 0 Å². The van der Waals surface area contributed by atoms with Crippen LogP contribution in [0, 0.1) is 0 Å². The number of hydrogen-bond acceptors (Lipinski definition) is 4. The molecule has 0 amide bonds. The normalized spacial score (nSPS) is 12.6. The van der Waals surface area contributed by atoms with E-state index in [4.69, 9.17) is 0 Å². The van der Waals surface area contributed by atoms with Gasteiger partial charge in [0.05, 0.1) is 5.69 Å². The van der Waals surface area contributed by atoms with Gasteiger partial charge in [-0.05, 0) is 6.07 Å². The predicted molar refractivity (Wildman–Crippen MR) is 62.8 cm³/mol. The molecule has 0 aliphatic rings. The Kier molecular flexibility index (Phi) is 3.13. The Morgan fingerprint density at radius 1 is 1.33 bits per heavy atom. The van der Waals surface area contributed by atoms with Gasteiger partial charge < -0.3 is 0 Å². The molecule has 0 saturated heterocycles. The first-order valence-electron chi connectivity index (χ1n) is 4.69. The second-order valence-corrected chi connectivity index (χ2v) is 7.31. The van der Waals surface area contributed by atoms with Crippen molar-refractivity contribution in [3.63, 3.8) is 0 Å². The van der Waals surface area contributed by atoms with Crippen LogP contribution >= 0.6 is 0 Å². The van der Waals surface area contributed by atoms with Crippen LogP contribution in [0.1, 0.15) is 26.5 Å². The van der Waals surface area contributed by atoms with Crippen LogP contribution in [-0.4, -0.2) is 26.7 Å². The zero-order valence-corrected chi connectivity index (χ0v) is 10.6. The second kappa shape index (κ2) is 3.89. The molecule has 0 unspecified atom stereocenters. The lowest BCUT2D eigenvalue weighted by Crippen LogP contribution is -2.13. The van der Waals surface area contributed by atoms with E-state index < -0.39 is 9.73 Å². The van der Waals surface area contributed by atoms with Crippen LogP contribution in [-0.2, 0) is 15.1 Å². The molecule has 5 heteroatoms. The highest BCUT2D eigenvalue weighted by Crippen LogP contribution is 2.21. The van der Waals surface area contributed by atoms with Crippen molar-refractivity contribution in [2.24, 2.45) is 4.36 Å². The molecule has 0 spiro atoms. The lowest BCUT2D eigenvalue weighted by atomic mass is 9.92. The summed E-state index contributed by atoms with van der Waals surface area (Å²) in [4.78, 5) is 8.25. The molecule has 0 aliphatic carbocycles. The monoisotopic (exact) mass is 227 g/mol. The Morgan fingerprint density at radius 2 is 1.93 bits per heavy atom. The van der Waals surface area contributed by atoms with Gasteiger partial charge in [-0.2, -0.15) is 4.36 Å².